The number of hydrogen-bond acceptors (Lipinski definition) is 3. The lowest BCUT2D eigenvalue weighted by molar-refractivity contribution is 0.169. The van der Waals surface area contributed by atoms with Crippen molar-refractivity contribution in [2.45, 2.75) is 42.7 Å². The highest BCUT2D eigenvalue weighted by Gasteiger charge is 2.31. The van der Waals surface area contributed by atoms with Gasteiger partial charge in [0.25, 0.3) is 0 Å². The Labute approximate surface area is 118 Å². The fraction of sp³-hybridized carbons (Fsp3) is 0.571. The largest absolute Gasteiger partial charge is 0.394 e. The number of nitrogens with one attached hydrogen (secondary N) is 1. The first kappa shape index (κ1) is 14.2. The molecule has 4 heteroatoms. The van der Waals surface area contributed by atoms with Gasteiger partial charge >= 0.3 is 0 Å². The predicted molar refractivity (Wildman–Crippen MR) is 78.4 cm³/mol. The van der Waals surface area contributed by atoms with E-state index in [1.807, 2.05) is 36.0 Å². The first-order chi connectivity index (χ1) is 8.61. The van der Waals surface area contributed by atoms with E-state index in [-0.39, 0.29) is 12.1 Å². The molecule has 100 valence electrons. The second-order valence-corrected chi connectivity index (χ2v) is 6.79. The van der Waals surface area contributed by atoms with E-state index in [9.17, 15) is 5.11 Å². The Morgan fingerprint density at radius 3 is 2.61 bits per heavy atom. The summed E-state index contributed by atoms with van der Waals surface area (Å²) in [5.74, 6) is 0.998. The van der Waals surface area contributed by atoms with Crippen molar-refractivity contribution in [2.75, 3.05) is 12.4 Å². The van der Waals surface area contributed by atoms with E-state index in [0.29, 0.717) is 6.04 Å². The van der Waals surface area contributed by atoms with Crippen molar-refractivity contribution in [1.82, 2.24) is 5.32 Å². The molecule has 0 amide bonds. The molecule has 1 atom stereocenters. The van der Waals surface area contributed by atoms with E-state index in [0.717, 1.165) is 17.2 Å². The van der Waals surface area contributed by atoms with Crippen LogP contribution in [0.4, 0.5) is 0 Å². The highest BCUT2D eigenvalue weighted by atomic mass is 35.5. The van der Waals surface area contributed by atoms with Gasteiger partial charge in [-0.1, -0.05) is 11.6 Å². The SMILES string of the molecule is CC(CO)(CCSc1ccc(Cl)cc1)NC1CC1. The number of rotatable bonds is 7. The Hall–Kier alpha value is -0.220. The maximum Gasteiger partial charge on any atom is 0.0610 e. The van der Waals surface area contributed by atoms with Crippen molar-refractivity contribution in [1.29, 1.82) is 0 Å². The zero-order valence-electron chi connectivity index (χ0n) is 10.7. The van der Waals surface area contributed by atoms with Crippen molar-refractivity contribution in [3.05, 3.63) is 29.3 Å². The molecule has 0 radical (unpaired) electrons. The van der Waals surface area contributed by atoms with Gasteiger partial charge in [0, 0.05) is 21.5 Å². The molecule has 2 rings (SSSR count). The molecule has 0 heterocycles. The van der Waals surface area contributed by atoms with Gasteiger partial charge in [0.1, 0.15) is 0 Å². The lowest BCUT2D eigenvalue weighted by atomic mass is 10.0. The summed E-state index contributed by atoms with van der Waals surface area (Å²) in [4.78, 5) is 1.23. The molecule has 1 aromatic rings. The van der Waals surface area contributed by atoms with E-state index in [4.69, 9.17) is 11.6 Å². The predicted octanol–water partition coefficient (Wildman–Crippen LogP) is 3.33. The van der Waals surface area contributed by atoms with Crippen molar-refractivity contribution < 1.29 is 5.11 Å². The number of aliphatic hydroxyl groups excluding tert-OH is 1. The molecule has 1 aliphatic rings. The van der Waals surface area contributed by atoms with Gasteiger partial charge in [-0.3, -0.25) is 0 Å². The lowest BCUT2D eigenvalue weighted by Gasteiger charge is -2.28. The third kappa shape index (κ3) is 4.47. The Morgan fingerprint density at radius 2 is 2.06 bits per heavy atom. The summed E-state index contributed by atoms with van der Waals surface area (Å²) in [6.07, 6.45) is 3.47. The van der Waals surface area contributed by atoms with E-state index in [1.165, 1.54) is 17.7 Å². The van der Waals surface area contributed by atoms with Crippen LogP contribution in [0.15, 0.2) is 29.2 Å². The van der Waals surface area contributed by atoms with Gasteiger partial charge in [-0.25, -0.2) is 0 Å². The average molecular weight is 286 g/mol. The zero-order chi connectivity index (χ0) is 13.0. The van der Waals surface area contributed by atoms with Crippen LogP contribution in [-0.4, -0.2) is 29.0 Å². The van der Waals surface area contributed by atoms with Crippen LogP contribution < -0.4 is 5.32 Å². The van der Waals surface area contributed by atoms with E-state index in [1.54, 1.807) is 0 Å². The minimum Gasteiger partial charge on any atom is -0.394 e. The van der Waals surface area contributed by atoms with Crippen LogP contribution in [0.3, 0.4) is 0 Å². The second kappa shape index (κ2) is 6.29. The zero-order valence-corrected chi connectivity index (χ0v) is 12.2. The molecule has 0 saturated heterocycles. The van der Waals surface area contributed by atoms with Gasteiger partial charge in [0.05, 0.1) is 6.61 Å². The first-order valence-corrected chi connectivity index (χ1v) is 7.75. The molecular weight excluding hydrogens is 266 g/mol. The summed E-state index contributed by atoms with van der Waals surface area (Å²) in [5, 5.41) is 13.8. The van der Waals surface area contributed by atoms with Crippen LogP contribution in [0.1, 0.15) is 26.2 Å². The normalized spacial score (nSPS) is 18.6. The van der Waals surface area contributed by atoms with Gasteiger partial charge in [0.2, 0.25) is 0 Å². The van der Waals surface area contributed by atoms with Crippen LogP contribution in [0.2, 0.25) is 5.02 Å². The van der Waals surface area contributed by atoms with Crippen molar-refractivity contribution >= 4 is 23.4 Å². The van der Waals surface area contributed by atoms with Gasteiger partial charge in [-0.05, 0) is 56.2 Å². The number of aliphatic hydroxyl groups is 1. The smallest absolute Gasteiger partial charge is 0.0610 e. The molecule has 0 aromatic heterocycles. The summed E-state index contributed by atoms with van der Waals surface area (Å²) in [6, 6.07) is 8.53. The minimum atomic E-state index is -0.138. The Balaban J connectivity index is 1.77. The maximum atomic E-state index is 9.51. The van der Waals surface area contributed by atoms with Gasteiger partial charge in [-0.2, -0.15) is 0 Å². The quantitative estimate of drug-likeness (QED) is 0.754. The van der Waals surface area contributed by atoms with E-state index < -0.39 is 0 Å². The summed E-state index contributed by atoms with van der Waals surface area (Å²) in [5.41, 5.74) is -0.138. The molecule has 1 aromatic carbocycles. The average Bonchev–Trinajstić information content (AvgIpc) is 3.15. The molecule has 1 unspecified atom stereocenters. The van der Waals surface area contributed by atoms with Gasteiger partial charge in [-0.15, -0.1) is 11.8 Å². The summed E-state index contributed by atoms with van der Waals surface area (Å²) < 4.78 is 0. The molecule has 0 spiro atoms. The summed E-state index contributed by atoms with van der Waals surface area (Å²) in [7, 11) is 0. The summed E-state index contributed by atoms with van der Waals surface area (Å²) >= 11 is 7.66. The van der Waals surface area contributed by atoms with E-state index >= 15 is 0 Å². The Morgan fingerprint density at radius 1 is 1.39 bits per heavy atom. The number of halogens is 1. The number of thioether (sulfide) groups is 1. The van der Waals surface area contributed by atoms with Crippen LogP contribution in [0.25, 0.3) is 0 Å². The van der Waals surface area contributed by atoms with Crippen LogP contribution in [0, 0.1) is 0 Å². The maximum absolute atomic E-state index is 9.51. The molecule has 2 nitrogen and oxygen atoms in total. The first-order valence-electron chi connectivity index (χ1n) is 6.38. The Bertz CT molecular complexity index is 380. The monoisotopic (exact) mass is 285 g/mol. The molecule has 0 bridgehead atoms. The second-order valence-electron chi connectivity index (χ2n) is 5.19. The van der Waals surface area contributed by atoms with Crippen LogP contribution in [0.5, 0.6) is 0 Å². The molecule has 0 aliphatic heterocycles. The third-order valence-electron chi connectivity index (χ3n) is 3.22. The standard InChI is InChI=1S/C14H20ClNOS/c1-14(10-17,16-12-4-5-12)8-9-18-13-6-2-11(15)3-7-13/h2-3,6-7,12,16-17H,4-5,8-10H2,1H3. The lowest BCUT2D eigenvalue weighted by Crippen LogP contribution is -2.47. The fourth-order valence-corrected chi connectivity index (χ4v) is 3.09. The molecule has 1 saturated carbocycles. The van der Waals surface area contributed by atoms with Gasteiger partial charge in [0.15, 0.2) is 0 Å². The fourth-order valence-electron chi connectivity index (χ4n) is 1.84. The molecule has 18 heavy (non-hydrogen) atoms. The molecule has 1 fully saturated rings. The number of benzene rings is 1. The van der Waals surface area contributed by atoms with E-state index in [2.05, 4.69) is 12.2 Å². The molecule has 1 aliphatic carbocycles. The number of hydrogen-bond donors (Lipinski definition) is 2. The van der Waals surface area contributed by atoms with Crippen molar-refractivity contribution in [2.24, 2.45) is 0 Å². The van der Waals surface area contributed by atoms with Crippen molar-refractivity contribution in [3.8, 4) is 0 Å². The summed E-state index contributed by atoms with van der Waals surface area (Å²) in [6.45, 7) is 2.30. The minimum absolute atomic E-state index is 0.138. The molecule has 2 N–H and O–H groups in total. The molecular formula is C14H20ClNOS. The van der Waals surface area contributed by atoms with Crippen molar-refractivity contribution in [3.63, 3.8) is 0 Å². The third-order valence-corrected chi connectivity index (χ3v) is 4.48. The van der Waals surface area contributed by atoms with Gasteiger partial charge < -0.3 is 10.4 Å². The van der Waals surface area contributed by atoms with Crippen LogP contribution in [-0.2, 0) is 0 Å². The highest BCUT2D eigenvalue weighted by Crippen LogP contribution is 2.27. The Kier molecular flexibility index (Phi) is 4.96. The highest BCUT2D eigenvalue weighted by molar-refractivity contribution is 7.99. The van der Waals surface area contributed by atoms with Crippen LogP contribution >= 0.6 is 23.4 Å². The topological polar surface area (TPSA) is 32.3 Å².